The van der Waals surface area contributed by atoms with Crippen molar-refractivity contribution in [1.29, 1.82) is 0 Å². The van der Waals surface area contributed by atoms with E-state index in [-0.39, 0.29) is 29.7 Å². The van der Waals surface area contributed by atoms with Gasteiger partial charge in [0.15, 0.2) is 6.61 Å². The molecule has 0 atom stereocenters. The number of carbonyl (C=O) groups excluding carboxylic acids is 3. The van der Waals surface area contributed by atoms with E-state index in [1.54, 1.807) is 42.5 Å². The summed E-state index contributed by atoms with van der Waals surface area (Å²) in [6.07, 6.45) is 0. The summed E-state index contributed by atoms with van der Waals surface area (Å²) in [4.78, 5) is 38.1. The van der Waals surface area contributed by atoms with E-state index in [1.807, 2.05) is 20.8 Å². The average Bonchev–Trinajstić information content (AvgIpc) is 3.29. The molecule has 0 saturated heterocycles. The van der Waals surface area contributed by atoms with E-state index in [1.165, 1.54) is 29.5 Å². The summed E-state index contributed by atoms with van der Waals surface area (Å²) in [5.74, 6) is -0.920. The van der Waals surface area contributed by atoms with E-state index in [9.17, 15) is 18.8 Å². The van der Waals surface area contributed by atoms with Crippen molar-refractivity contribution in [1.82, 2.24) is 5.32 Å². The van der Waals surface area contributed by atoms with Crippen molar-refractivity contribution < 1.29 is 28.2 Å². The fraction of sp³-hybridized carbons (Fsp3) is 0.269. The van der Waals surface area contributed by atoms with Crippen LogP contribution in [0.5, 0.6) is 5.75 Å². The van der Waals surface area contributed by atoms with Gasteiger partial charge >= 0.3 is 5.97 Å². The Kier molecular flexibility index (Phi) is 8.17. The maximum atomic E-state index is 13.0. The number of ketones is 1. The minimum Gasteiger partial charge on any atom is -0.489 e. The lowest BCUT2D eigenvalue weighted by Crippen LogP contribution is -2.34. The number of Topliss-reactive ketones (excluding diaryl/α,β-unsaturated/α-hetero) is 1. The molecular formula is C26H26FNO5S. The van der Waals surface area contributed by atoms with Crippen molar-refractivity contribution in [3.05, 3.63) is 87.4 Å². The maximum absolute atomic E-state index is 13.0. The van der Waals surface area contributed by atoms with Crippen LogP contribution < -0.4 is 10.1 Å². The SMILES string of the molecule is CC(C)(C)C(=O)NCc1ccc(C(=O)COC(=O)c2cccc(OCc3ccc(F)cc3)c2)s1. The molecule has 0 aliphatic carbocycles. The Morgan fingerprint density at radius 3 is 2.44 bits per heavy atom. The van der Waals surface area contributed by atoms with Gasteiger partial charge in [0.05, 0.1) is 17.0 Å². The number of hydrogen-bond acceptors (Lipinski definition) is 6. The summed E-state index contributed by atoms with van der Waals surface area (Å²) in [7, 11) is 0. The van der Waals surface area contributed by atoms with Crippen LogP contribution >= 0.6 is 11.3 Å². The van der Waals surface area contributed by atoms with Gasteiger partial charge in [-0.1, -0.05) is 39.0 Å². The van der Waals surface area contributed by atoms with Gasteiger partial charge in [-0.3, -0.25) is 9.59 Å². The van der Waals surface area contributed by atoms with Crippen LogP contribution in [0, 0.1) is 11.2 Å². The molecule has 0 spiro atoms. The molecule has 0 radical (unpaired) electrons. The second kappa shape index (κ2) is 11.1. The molecule has 3 aromatic rings. The second-order valence-corrected chi connectivity index (χ2v) is 9.81. The number of halogens is 1. The zero-order valence-electron chi connectivity index (χ0n) is 19.2. The molecule has 34 heavy (non-hydrogen) atoms. The molecule has 3 rings (SSSR count). The minimum atomic E-state index is -0.644. The number of thiophene rings is 1. The summed E-state index contributed by atoms with van der Waals surface area (Å²) in [6.45, 7) is 5.63. The van der Waals surface area contributed by atoms with Gasteiger partial charge in [0.2, 0.25) is 11.7 Å². The first-order valence-electron chi connectivity index (χ1n) is 10.7. The van der Waals surface area contributed by atoms with Gasteiger partial charge < -0.3 is 14.8 Å². The lowest BCUT2D eigenvalue weighted by molar-refractivity contribution is -0.128. The number of amides is 1. The number of carbonyl (C=O) groups is 3. The highest BCUT2D eigenvalue weighted by Gasteiger charge is 2.21. The monoisotopic (exact) mass is 483 g/mol. The first-order chi connectivity index (χ1) is 16.1. The molecule has 6 nitrogen and oxygen atoms in total. The van der Waals surface area contributed by atoms with Gasteiger partial charge in [-0.2, -0.15) is 0 Å². The normalized spacial score (nSPS) is 11.1. The Morgan fingerprint density at radius 1 is 1.00 bits per heavy atom. The molecule has 1 amide bonds. The Hall–Kier alpha value is -3.52. The van der Waals surface area contributed by atoms with E-state index in [4.69, 9.17) is 9.47 Å². The predicted molar refractivity (Wildman–Crippen MR) is 127 cm³/mol. The first-order valence-corrected chi connectivity index (χ1v) is 11.5. The Labute approximate surface area is 201 Å². The van der Waals surface area contributed by atoms with E-state index in [2.05, 4.69) is 5.32 Å². The lowest BCUT2D eigenvalue weighted by Gasteiger charge is -2.17. The largest absolute Gasteiger partial charge is 0.489 e. The number of benzene rings is 2. The highest BCUT2D eigenvalue weighted by molar-refractivity contribution is 7.14. The average molecular weight is 484 g/mol. The summed E-state index contributed by atoms with van der Waals surface area (Å²) in [6, 6.07) is 15.8. The molecule has 0 fully saturated rings. The highest BCUT2D eigenvalue weighted by Crippen LogP contribution is 2.20. The Bertz CT molecular complexity index is 1160. The molecule has 0 unspecified atom stereocenters. The van der Waals surface area contributed by atoms with Crippen molar-refractivity contribution in [3.8, 4) is 5.75 Å². The Morgan fingerprint density at radius 2 is 1.74 bits per heavy atom. The standard InChI is InChI=1S/C26H26FNO5S/c1-26(2,3)25(31)28-14-21-11-12-23(34-21)22(29)16-33-24(30)18-5-4-6-20(13-18)32-15-17-7-9-19(27)10-8-17/h4-13H,14-16H2,1-3H3,(H,28,31). The van der Waals surface area contributed by atoms with E-state index >= 15 is 0 Å². The molecule has 0 saturated carbocycles. The molecule has 1 N–H and O–H groups in total. The first kappa shape index (κ1) is 25.1. The summed E-state index contributed by atoms with van der Waals surface area (Å²) in [5.41, 5.74) is 0.544. The van der Waals surface area contributed by atoms with Crippen LogP contribution in [0.25, 0.3) is 0 Å². The third kappa shape index (κ3) is 7.25. The van der Waals surface area contributed by atoms with E-state index in [0.717, 1.165) is 10.4 Å². The molecule has 0 aliphatic rings. The number of esters is 1. The van der Waals surface area contributed by atoms with Crippen LogP contribution in [-0.4, -0.2) is 24.3 Å². The molecule has 178 valence electrons. The van der Waals surface area contributed by atoms with Crippen molar-refractivity contribution in [2.24, 2.45) is 5.41 Å². The van der Waals surface area contributed by atoms with Crippen molar-refractivity contribution in [2.75, 3.05) is 6.61 Å². The summed E-state index contributed by atoms with van der Waals surface area (Å²) < 4.78 is 23.8. The van der Waals surface area contributed by atoms with Crippen LogP contribution in [-0.2, 0) is 22.7 Å². The zero-order valence-corrected chi connectivity index (χ0v) is 20.0. The van der Waals surface area contributed by atoms with E-state index in [0.29, 0.717) is 17.2 Å². The predicted octanol–water partition coefficient (Wildman–Crippen LogP) is 5.17. The van der Waals surface area contributed by atoms with Crippen LogP contribution in [0.4, 0.5) is 4.39 Å². The van der Waals surface area contributed by atoms with Gasteiger partial charge in [0.1, 0.15) is 18.2 Å². The molecule has 0 bridgehead atoms. The van der Waals surface area contributed by atoms with Crippen LogP contribution in [0.15, 0.2) is 60.7 Å². The van der Waals surface area contributed by atoms with Gasteiger partial charge in [0, 0.05) is 10.3 Å². The minimum absolute atomic E-state index is 0.0772. The van der Waals surface area contributed by atoms with Crippen molar-refractivity contribution in [3.63, 3.8) is 0 Å². The fourth-order valence-electron chi connectivity index (χ4n) is 2.80. The van der Waals surface area contributed by atoms with Gasteiger partial charge in [0.25, 0.3) is 0 Å². The van der Waals surface area contributed by atoms with Gasteiger partial charge in [-0.05, 0) is 48.0 Å². The molecule has 1 heterocycles. The third-order valence-corrected chi connectivity index (χ3v) is 5.89. The van der Waals surface area contributed by atoms with Crippen molar-refractivity contribution in [2.45, 2.75) is 33.9 Å². The zero-order chi connectivity index (χ0) is 24.7. The molecule has 1 aromatic heterocycles. The van der Waals surface area contributed by atoms with Crippen LogP contribution in [0.3, 0.4) is 0 Å². The molecule has 0 aliphatic heterocycles. The summed E-state index contributed by atoms with van der Waals surface area (Å²) >= 11 is 1.25. The second-order valence-electron chi connectivity index (χ2n) is 8.64. The van der Waals surface area contributed by atoms with Gasteiger partial charge in [-0.15, -0.1) is 11.3 Å². The lowest BCUT2D eigenvalue weighted by atomic mass is 9.96. The molecular weight excluding hydrogens is 457 g/mol. The third-order valence-electron chi connectivity index (χ3n) is 4.76. The fourth-order valence-corrected chi connectivity index (χ4v) is 3.67. The van der Waals surface area contributed by atoms with Crippen LogP contribution in [0.2, 0.25) is 0 Å². The number of nitrogens with one attached hydrogen (secondary N) is 1. The van der Waals surface area contributed by atoms with E-state index < -0.39 is 18.0 Å². The number of ether oxygens (including phenoxy) is 2. The topological polar surface area (TPSA) is 81.7 Å². The number of rotatable bonds is 9. The molecule has 8 heteroatoms. The van der Waals surface area contributed by atoms with Crippen molar-refractivity contribution >= 4 is 29.0 Å². The smallest absolute Gasteiger partial charge is 0.338 e. The maximum Gasteiger partial charge on any atom is 0.338 e. The summed E-state index contributed by atoms with van der Waals surface area (Å²) in [5, 5.41) is 2.84. The number of hydrogen-bond donors (Lipinski definition) is 1. The molecule has 2 aromatic carbocycles. The van der Waals surface area contributed by atoms with Gasteiger partial charge in [-0.25, -0.2) is 9.18 Å². The quantitative estimate of drug-likeness (QED) is 0.336. The Balaban J connectivity index is 1.50. The van der Waals surface area contributed by atoms with Crippen LogP contribution in [0.1, 0.15) is 51.2 Å². The highest BCUT2D eigenvalue weighted by atomic mass is 32.1.